The number of benzene rings is 2. The van der Waals surface area contributed by atoms with Crippen molar-refractivity contribution in [2.24, 2.45) is 4.99 Å². The third-order valence-corrected chi connectivity index (χ3v) is 6.59. The molecule has 1 heterocycles. The Hall–Kier alpha value is -2.38. The smallest absolute Gasteiger partial charge is 0.191 e. The highest BCUT2D eigenvalue weighted by atomic mass is 32.2. The van der Waals surface area contributed by atoms with Crippen molar-refractivity contribution in [1.29, 1.82) is 0 Å². The third kappa shape index (κ3) is 7.67. The zero-order valence-corrected chi connectivity index (χ0v) is 19.4. The van der Waals surface area contributed by atoms with Gasteiger partial charge in [0.05, 0.1) is 4.90 Å². The second kappa shape index (κ2) is 11.3. The number of piperidine rings is 1. The molecule has 0 spiro atoms. The quantitative estimate of drug-likeness (QED) is 0.486. The molecule has 0 radical (unpaired) electrons. The molecule has 2 N–H and O–H groups in total. The highest BCUT2D eigenvalue weighted by Crippen LogP contribution is 2.14. The van der Waals surface area contributed by atoms with Gasteiger partial charge in [0.1, 0.15) is 0 Å². The average molecular weight is 443 g/mol. The van der Waals surface area contributed by atoms with Crippen LogP contribution in [0.1, 0.15) is 30.9 Å². The van der Waals surface area contributed by atoms with Crippen LogP contribution < -0.4 is 10.6 Å². The number of likely N-dealkylation sites (tertiary alicyclic amines) is 1. The van der Waals surface area contributed by atoms with E-state index in [9.17, 15) is 8.42 Å². The summed E-state index contributed by atoms with van der Waals surface area (Å²) in [6.07, 6.45) is 4.32. The van der Waals surface area contributed by atoms with Gasteiger partial charge in [0.15, 0.2) is 15.8 Å². The molecule has 0 aromatic heterocycles. The first kappa shape index (κ1) is 23.3. The normalized spacial score (nSPS) is 18.0. The summed E-state index contributed by atoms with van der Waals surface area (Å²) in [4.78, 5) is 7.60. The minimum Gasteiger partial charge on any atom is -0.357 e. The van der Waals surface area contributed by atoms with Crippen LogP contribution in [-0.4, -0.2) is 57.8 Å². The Bertz CT molecular complexity index is 943. The summed E-state index contributed by atoms with van der Waals surface area (Å²) in [5.41, 5.74) is 2.43. The van der Waals surface area contributed by atoms with E-state index < -0.39 is 9.84 Å². The molecule has 6 nitrogen and oxygen atoms in total. The minimum atomic E-state index is -3.15. The first-order valence-electron chi connectivity index (χ1n) is 11.0. The van der Waals surface area contributed by atoms with Crippen LogP contribution in [0.3, 0.4) is 0 Å². The summed E-state index contributed by atoms with van der Waals surface area (Å²) in [7, 11) is -3.15. The van der Waals surface area contributed by atoms with Crippen LogP contribution in [0.25, 0.3) is 0 Å². The Balaban J connectivity index is 1.53. The van der Waals surface area contributed by atoms with Crippen LogP contribution >= 0.6 is 0 Å². The fourth-order valence-electron chi connectivity index (χ4n) is 3.87. The van der Waals surface area contributed by atoms with Crippen LogP contribution in [-0.2, 0) is 22.8 Å². The summed E-state index contributed by atoms with van der Waals surface area (Å²) in [5.74, 6) is 0.849. The number of hydrogen-bond acceptors (Lipinski definition) is 4. The van der Waals surface area contributed by atoms with Crippen molar-refractivity contribution in [3.63, 3.8) is 0 Å². The zero-order valence-electron chi connectivity index (χ0n) is 18.5. The van der Waals surface area contributed by atoms with Gasteiger partial charge in [-0.25, -0.2) is 8.42 Å². The summed E-state index contributed by atoms with van der Waals surface area (Å²) in [6.45, 7) is 6.65. The molecular weight excluding hydrogens is 408 g/mol. The molecule has 3 rings (SSSR count). The van der Waals surface area contributed by atoms with Crippen LogP contribution in [0.5, 0.6) is 0 Å². The molecule has 2 aromatic carbocycles. The van der Waals surface area contributed by atoms with Gasteiger partial charge in [-0.2, -0.15) is 0 Å². The lowest BCUT2D eigenvalue weighted by molar-refractivity contribution is 0.192. The molecule has 0 aliphatic carbocycles. The molecule has 1 atom stereocenters. The number of hydrogen-bond donors (Lipinski definition) is 2. The van der Waals surface area contributed by atoms with Gasteiger partial charge in [-0.1, -0.05) is 42.5 Å². The lowest BCUT2D eigenvalue weighted by Gasteiger charge is -2.34. The van der Waals surface area contributed by atoms with Gasteiger partial charge in [0.25, 0.3) is 0 Å². The second-order valence-corrected chi connectivity index (χ2v) is 10.1. The monoisotopic (exact) mass is 442 g/mol. The number of guanidine groups is 1. The summed E-state index contributed by atoms with van der Waals surface area (Å²) in [5, 5.41) is 6.96. The fourth-order valence-corrected chi connectivity index (χ4v) is 4.50. The van der Waals surface area contributed by atoms with Crippen molar-refractivity contribution in [2.45, 2.75) is 43.7 Å². The van der Waals surface area contributed by atoms with Gasteiger partial charge >= 0.3 is 0 Å². The molecule has 2 aromatic rings. The Labute approximate surface area is 186 Å². The van der Waals surface area contributed by atoms with Crippen molar-refractivity contribution < 1.29 is 8.42 Å². The maximum absolute atomic E-state index is 11.6. The summed E-state index contributed by atoms with van der Waals surface area (Å²) in [6, 6.07) is 18.1. The SMILES string of the molecule is CCNC(=NCCc1ccc(S(C)(=O)=O)cc1)NC1CCCN(Cc2ccccc2)C1. The maximum atomic E-state index is 11.6. The van der Waals surface area contributed by atoms with Gasteiger partial charge in [-0.3, -0.25) is 9.89 Å². The molecular formula is C24H34N4O2S. The number of aliphatic imine (C=N–C) groups is 1. The fraction of sp³-hybridized carbons (Fsp3) is 0.458. The molecule has 1 saturated heterocycles. The Morgan fingerprint density at radius 1 is 1.10 bits per heavy atom. The third-order valence-electron chi connectivity index (χ3n) is 5.46. The van der Waals surface area contributed by atoms with Gasteiger partial charge in [-0.15, -0.1) is 0 Å². The maximum Gasteiger partial charge on any atom is 0.191 e. The first-order valence-corrected chi connectivity index (χ1v) is 12.9. The van der Waals surface area contributed by atoms with E-state index in [0.717, 1.165) is 50.5 Å². The van der Waals surface area contributed by atoms with Crippen LogP contribution in [0.15, 0.2) is 64.5 Å². The summed E-state index contributed by atoms with van der Waals surface area (Å²) >= 11 is 0. The van der Waals surface area contributed by atoms with Crippen molar-refractivity contribution >= 4 is 15.8 Å². The molecule has 1 aliphatic heterocycles. The van der Waals surface area contributed by atoms with E-state index in [2.05, 4.69) is 52.8 Å². The molecule has 0 bridgehead atoms. The molecule has 1 unspecified atom stereocenters. The minimum absolute atomic E-state index is 0.354. The zero-order chi connectivity index (χ0) is 22.1. The second-order valence-electron chi connectivity index (χ2n) is 8.13. The molecule has 0 amide bonds. The number of rotatable bonds is 8. The van der Waals surface area contributed by atoms with Gasteiger partial charge < -0.3 is 10.6 Å². The molecule has 1 fully saturated rings. The number of nitrogens with zero attached hydrogens (tertiary/aromatic N) is 2. The van der Waals surface area contributed by atoms with E-state index in [0.29, 0.717) is 17.5 Å². The predicted molar refractivity (Wildman–Crippen MR) is 127 cm³/mol. The number of sulfone groups is 1. The molecule has 7 heteroatoms. The van der Waals surface area contributed by atoms with Crippen molar-refractivity contribution in [1.82, 2.24) is 15.5 Å². The summed E-state index contributed by atoms with van der Waals surface area (Å²) < 4.78 is 23.2. The van der Waals surface area contributed by atoms with E-state index >= 15 is 0 Å². The van der Waals surface area contributed by atoms with Crippen LogP contribution in [0.4, 0.5) is 0 Å². The highest BCUT2D eigenvalue weighted by Gasteiger charge is 2.20. The van der Waals surface area contributed by atoms with Crippen LogP contribution in [0.2, 0.25) is 0 Å². The topological polar surface area (TPSA) is 73.8 Å². The van der Waals surface area contributed by atoms with Crippen molar-refractivity contribution in [2.75, 3.05) is 32.4 Å². The van der Waals surface area contributed by atoms with E-state index in [-0.39, 0.29) is 0 Å². The number of nitrogens with one attached hydrogen (secondary N) is 2. The van der Waals surface area contributed by atoms with Crippen LogP contribution in [0, 0.1) is 0 Å². The van der Waals surface area contributed by atoms with Gasteiger partial charge in [-0.05, 0) is 56.0 Å². The molecule has 1 aliphatic rings. The molecule has 0 saturated carbocycles. The van der Waals surface area contributed by atoms with E-state index in [1.165, 1.54) is 18.2 Å². The average Bonchev–Trinajstić information content (AvgIpc) is 2.75. The van der Waals surface area contributed by atoms with Gasteiger partial charge in [0.2, 0.25) is 0 Å². The standard InChI is InChI=1S/C24H34N4O2S/c1-3-25-24(26-16-15-20-11-13-23(14-12-20)31(2,29)30)27-22-10-7-17-28(19-22)18-21-8-5-4-6-9-21/h4-6,8-9,11-14,22H,3,7,10,15-19H2,1-2H3,(H2,25,26,27). The molecule has 31 heavy (non-hydrogen) atoms. The van der Waals surface area contributed by atoms with E-state index in [1.807, 2.05) is 12.1 Å². The lowest BCUT2D eigenvalue weighted by Crippen LogP contribution is -2.51. The predicted octanol–water partition coefficient (Wildman–Crippen LogP) is 2.85. The highest BCUT2D eigenvalue weighted by molar-refractivity contribution is 7.90. The Morgan fingerprint density at radius 3 is 2.52 bits per heavy atom. The van der Waals surface area contributed by atoms with E-state index in [1.54, 1.807) is 12.1 Å². The lowest BCUT2D eigenvalue weighted by atomic mass is 10.0. The molecule has 168 valence electrons. The van der Waals surface area contributed by atoms with Crippen molar-refractivity contribution in [3.8, 4) is 0 Å². The van der Waals surface area contributed by atoms with E-state index in [4.69, 9.17) is 4.99 Å². The van der Waals surface area contributed by atoms with Crippen molar-refractivity contribution in [3.05, 3.63) is 65.7 Å². The largest absolute Gasteiger partial charge is 0.357 e. The Morgan fingerprint density at radius 2 is 1.84 bits per heavy atom. The Kier molecular flexibility index (Phi) is 8.49. The van der Waals surface area contributed by atoms with Gasteiger partial charge in [0, 0.05) is 38.5 Å². The first-order chi connectivity index (χ1) is 14.9.